The van der Waals surface area contributed by atoms with E-state index in [1.807, 2.05) is 13.0 Å². The normalized spacial score (nSPS) is 17.0. The summed E-state index contributed by atoms with van der Waals surface area (Å²) in [5.41, 5.74) is 3.17. The number of aryl methyl sites for hydroxylation is 3. The van der Waals surface area contributed by atoms with Crippen molar-refractivity contribution in [2.24, 2.45) is 0 Å². The van der Waals surface area contributed by atoms with Gasteiger partial charge in [-0.05, 0) is 67.5 Å². The lowest BCUT2D eigenvalue weighted by Crippen LogP contribution is -2.38. The van der Waals surface area contributed by atoms with Crippen molar-refractivity contribution in [1.29, 1.82) is 0 Å². The molecule has 2 nitrogen and oxygen atoms in total. The lowest BCUT2D eigenvalue weighted by Gasteiger charge is -2.34. The van der Waals surface area contributed by atoms with E-state index >= 15 is 0 Å². The van der Waals surface area contributed by atoms with Crippen LogP contribution in [0.5, 0.6) is 0 Å². The lowest BCUT2D eigenvalue weighted by molar-refractivity contribution is -0.108. The third-order valence-electron chi connectivity index (χ3n) is 4.53. The van der Waals surface area contributed by atoms with Gasteiger partial charge in [0.2, 0.25) is 6.41 Å². The largest absolute Gasteiger partial charge is 0.312 e. The van der Waals surface area contributed by atoms with Crippen molar-refractivity contribution in [2.45, 2.75) is 38.6 Å². The van der Waals surface area contributed by atoms with E-state index in [1.165, 1.54) is 18.2 Å². The highest BCUT2D eigenvalue weighted by atomic mass is 19.1. The molecule has 0 saturated heterocycles. The number of hydrogen-bond acceptors (Lipinski definition) is 1. The molecule has 2 aromatic carbocycles. The van der Waals surface area contributed by atoms with Crippen LogP contribution >= 0.6 is 0 Å². The second-order valence-corrected chi connectivity index (χ2v) is 6.11. The molecule has 2 aromatic rings. The maximum atomic E-state index is 13.9. The maximum Gasteiger partial charge on any atom is 0.214 e. The van der Waals surface area contributed by atoms with Crippen LogP contribution in [0.4, 0.5) is 14.5 Å². The molecule has 4 heteroatoms. The van der Waals surface area contributed by atoms with Crippen LogP contribution in [0.15, 0.2) is 36.4 Å². The second kappa shape index (κ2) is 6.49. The van der Waals surface area contributed by atoms with E-state index in [-0.39, 0.29) is 17.7 Å². The molecule has 0 radical (unpaired) electrons. The summed E-state index contributed by atoms with van der Waals surface area (Å²) in [7, 11) is 0. The van der Waals surface area contributed by atoms with Crippen molar-refractivity contribution in [3.8, 4) is 0 Å². The van der Waals surface area contributed by atoms with Gasteiger partial charge in [0.05, 0.1) is 0 Å². The minimum absolute atomic E-state index is 0.0255. The van der Waals surface area contributed by atoms with Crippen LogP contribution in [0.25, 0.3) is 0 Å². The Kier molecular flexibility index (Phi) is 4.42. The molecule has 1 amide bonds. The van der Waals surface area contributed by atoms with E-state index in [9.17, 15) is 13.6 Å². The van der Waals surface area contributed by atoms with E-state index in [0.717, 1.165) is 30.4 Å². The Morgan fingerprint density at radius 3 is 2.78 bits per heavy atom. The van der Waals surface area contributed by atoms with Crippen molar-refractivity contribution in [3.63, 3.8) is 0 Å². The molecule has 0 spiro atoms. The number of halogens is 2. The van der Waals surface area contributed by atoms with Gasteiger partial charge in [-0.3, -0.25) is 4.79 Å². The first-order valence-electron chi connectivity index (χ1n) is 7.85. The van der Waals surface area contributed by atoms with Crippen LogP contribution in [0.2, 0.25) is 0 Å². The summed E-state index contributed by atoms with van der Waals surface area (Å²) in [6.07, 6.45) is 3.60. The first kappa shape index (κ1) is 15.7. The summed E-state index contributed by atoms with van der Waals surface area (Å²) in [5, 5.41) is 0. The fourth-order valence-electron chi connectivity index (χ4n) is 3.25. The molecule has 23 heavy (non-hydrogen) atoms. The average molecular weight is 315 g/mol. The number of nitrogens with zero attached hydrogens (tertiary/aromatic N) is 1. The summed E-state index contributed by atoms with van der Waals surface area (Å²) >= 11 is 0. The molecule has 120 valence electrons. The highest BCUT2D eigenvalue weighted by Gasteiger charge is 2.26. The lowest BCUT2D eigenvalue weighted by atomic mass is 9.92. The Morgan fingerprint density at radius 1 is 1.22 bits per heavy atom. The van der Waals surface area contributed by atoms with E-state index in [0.29, 0.717) is 24.1 Å². The van der Waals surface area contributed by atoms with Crippen LogP contribution in [0.1, 0.15) is 29.5 Å². The molecule has 1 aliphatic rings. The summed E-state index contributed by atoms with van der Waals surface area (Å²) in [4.78, 5) is 13.1. The number of amides is 1. The monoisotopic (exact) mass is 315 g/mol. The Labute approximate surface area is 134 Å². The van der Waals surface area contributed by atoms with E-state index in [4.69, 9.17) is 0 Å². The van der Waals surface area contributed by atoms with Gasteiger partial charge in [0.25, 0.3) is 0 Å². The van der Waals surface area contributed by atoms with Gasteiger partial charge >= 0.3 is 0 Å². The number of anilines is 1. The minimum Gasteiger partial charge on any atom is -0.312 e. The Bertz CT molecular complexity index is 729. The van der Waals surface area contributed by atoms with Crippen LogP contribution < -0.4 is 4.90 Å². The fourth-order valence-corrected chi connectivity index (χ4v) is 3.25. The summed E-state index contributed by atoms with van der Waals surface area (Å²) in [6, 6.07) is 9.75. The van der Waals surface area contributed by atoms with Crippen molar-refractivity contribution >= 4 is 12.1 Å². The van der Waals surface area contributed by atoms with E-state index in [1.54, 1.807) is 17.0 Å². The van der Waals surface area contributed by atoms with Crippen LogP contribution in [-0.4, -0.2) is 12.5 Å². The Balaban J connectivity index is 1.77. The quantitative estimate of drug-likeness (QED) is 0.775. The highest BCUT2D eigenvalue weighted by Crippen LogP contribution is 2.32. The van der Waals surface area contributed by atoms with Gasteiger partial charge in [0.1, 0.15) is 11.6 Å². The first-order chi connectivity index (χ1) is 11.1. The van der Waals surface area contributed by atoms with Gasteiger partial charge in [-0.2, -0.15) is 0 Å². The molecule has 0 aliphatic carbocycles. The highest BCUT2D eigenvalue weighted by molar-refractivity contribution is 5.79. The van der Waals surface area contributed by atoms with Crippen molar-refractivity contribution in [3.05, 3.63) is 64.7 Å². The first-order valence-corrected chi connectivity index (χ1v) is 7.85. The minimum atomic E-state index is -0.346. The van der Waals surface area contributed by atoms with Crippen molar-refractivity contribution < 1.29 is 13.6 Å². The van der Waals surface area contributed by atoms with Gasteiger partial charge in [-0.1, -0.05) is 18.2 Å². The summed E-state index contributed by atoms with van der Waals surface area (Å²) < 4.78 is 27.4. The predicted molar refractivity (Wildman–Crippen MR) is 86.5 cm³/mol. The maximum absolute atomic E-state index is 13.9. The van der Waals surface area contributed by atoms with Gasteiger partial charge in [0, 0.05) is 11.7 Å². The predicted octanol–water partition coefficient (Wildman–Crippen LogP) is 4.18. The molecular weight excluding hydrogens is 296 g/mol. The number of carbonyl (C=O) groups excluding carboxylic acids is 1. The zero-order chi connectivity index (χ0) is 16.4. The Hall–Kier alpha value is -2.23. The number of carbonyl (C=O) groups is 1. The van der Waals surface area contributed by atoms with Gasteiger partial charge in [0.15, 0.2) is 0 Å². The van der Waals surface area contributed by atoms with E-state index < -0.39 is 0 Å². The molecular formula is C19H19F2NO. The molecule has 1 atom stereocenters. The van der Waals surface area contributed by atoms with Crippen molar-refractivity contribution in [2.75, 3.05) is 4.90 Å². The Morgan fingerprint density at radius 2 is 2.04 bits per heavy atom. The van der Waals surface area contributed by atoms with Crippen LogP contribution in [-0.2, 0) is 17.6 Å². The van der Waals surface area contributed by atoms with Gasteiger partial charge < -0.3 is 4.90 Å². The molecule has 0 bridgehead atoms. The zero-order valence-corrected chi connectivity index (χ0v) is 13.1. The van der Waals surface area contributed by atoms with Crippen LogP contribution in [0.3, 0.4) is 0 Å². The SMILES string of the molecule is Cc1ccc(CC[C@H]2CCc3ccc(F)cc3N2C=O)c(F)c1. The molecule has 0 unspecified atom stereocenters. The molecule has 1 aliphatic heterocycles. The van der Waals surface area contributed by atoms with Crippen molar-refractivity contribution in [1.82, 2.24) is 0 Å². The van der Waals surface area contributed by atoms with Gasteiger partial charge in [-0.25, -0.2) is 8.78 Å². The van der Waals surface area contributed by atoms with Gasteiger partial charge in [-0.15, -0.1) is 0 Å². The molecule has 0 N–H and O–H groups in total. The third kappa shape index (κ3) is 3.26. The molecule has 0 saturated carbocycles. The number of rotatable bonds is 4. The number of fused-ring (bicyclic) bond motifs is 1. The molecule has 1 heterocycles. The third-order valence-corrected chi connectivity index (χ3v) is 4.53. The standard InChI is InChI=1S/C19H19F2NO/c1-13-2-3-14(18(21)10-13)5-8-17-9-6-15-4-7-16(20)11-19(15)22(17)12-23/h2-4,7,10-12,17H,5-6,8-9H2,1H3/t17-/m0/s1. The summed E-state index contributed by atoms with van der Waals surface area (Å²) in [6.45, 7) is 1.85. The fraction of sp³-hybridized carbons (Fsp3) is 0.316. The molecule has 3 rings (SSSR count). The number of hydrogen-bond donors (Lipinski definition) is 0. The van der Waals surface area contributed by atoms with E-state index in [2.05, 4.69) is 0 Å². The summed E-state index contributed by atoms with van der Waals surface area (Å²) in [5.74, 6) is -0.550. The topological polar surface area (TPSA) is 20.3 Å². The smallest absolute Gasteiger partial charge is 0.214 e. The molecule has 0 fully saturated rings. The average Bonchev–Trinajstić information content (AvgIpc) is 2.53. The second-order valence-electron chi connectivity index (χ2n) is 6.11. The zero-order valence-electron chi connectivity index (χ0n) is 13.1. The molecule has 0 aromatic heterocycles. The number of benzene rings is 2. The van der Waals surface area contributed by atoms with Crippen LogP contribution in [0, 0.1) is 18.6 Å².